The number of amides is 1. The first-order valence-electron chi connectivity index (χ1n) is 6.86. The van der Waals surface area contributed by atoms with Crippen LogP contribution in [0.4, 0.5) is 5.13 Å². The van der Waals surface area contributed by atoms with Crippen LogP contribution >= 0.6 is 11.3 Å². The minimum Gasteiger partial charge on any atom is -0.375 e. The van der Waals surface area contributed by atoms with E-state index >= 15 is 0 Å². The molecule has 0 aliphatic heterocycles. The van der Waals surface area contributed by atoms with Gasteiger partial charge in [-0.15, -0.1) is 11.3 Å². The van der Waals surface area contributed by atoms with Gasteiger partial charge in [-0.05, 0) is 31.0 Å². The van der Waals surface area contributed by atoms with Gasteiger partial charge in [-0.3, -0.25) is 4.79 Å². The van der Waals surface area contributed by atoms with Crippen molar-refractivity contribution in [2.45, 2.75) is 24.7 Å². The molecule has 124 valence electrons. The molecule has 2 rings (SSSR count). The monoisotopic (exact) mass is 354 g/mol. The minimum absolute atomic E-state index is 0.0727. The van der Waals surface area contributed by atoms with Crippen LogP contribution in [-0.4, -0.2) is 25.9 Å². The predicted molar refractivity (Wildman–Crippen MR) is 89.5 cm³/mol. The molecule has 0 saturated carbocycles. The molecular formula is C14H18N4O3S2. The van der Waals surface area contributed by atoms with Gasteiger partial charge in [-0.1, -0.05) is 12.1 Å². The lowest BCUT2D eigenvalue weighted by Gasteiger charge is -2.06. The molecule has 0 fully saturated rings. The van der Waals surface area contributed by atoms with Crippen LogP contribution in [0, 0.1) is 6.92 Å². The average Bonchev–Trinajstić information content (AvgIpc) is 2.76. The van der Waals surface area contributed by atoms with E-state index in [1.54, 1.807) is 12.1 Å². The summed E-state index contributed by atoms with van der Waals surface area (Å²) in [5, 5.41) is 8.31. The van der Waals surface area contributed by atoms with E-state index in [2.05, 4.69) is 10.3 Å². The summed E-state index contributed by atoms with van der Waals surface area (Å²) in [6.45, 7) is 2.28. The van der Waals surface area contributed by atoms with E-state index in [-0.39, 0.29) is 17.2 Å². The number of aromatic nitrogens is 1. The summed E-state index contributed by atoms with van der Waals surface area (Å²) in [6.07, 6.45) is 0.853. The SMILES string of the molecule is Cc1nc(N)sc1CC(=O)NCCc1ccc(S(N)(=O)=O)cc1. The zero-order valence-electron chi connectivity index (χ0n) is 12.6. The number of hydrogen-bond acceptors (Lipinski definition) is 6. The largest absolute Gasteiger partial charge is 0.375 e. The number of nitrogens with one attached hydrogen (secondary N) is 1. The van der Waals surface area contributed by atoms with Gasteiger partial charge in [0.1, 0.15) is 0 Å². The lowest BCUT2D eigenvalue weighted by Crippen LogP contribution is -2.27. The predicted octanol–water partition coefficient (Wildman–Crippen LogP) is 0.583. The number of thiazole rings is 1. The second-order valence-corrected chi connectivity index (χ2v) is 7.70. The van der Waals surface area contributed by atoms with E-state index in [1.807, 2.05) is 6.92 Å². The Bertz CT molecular complexity index is 798. The van der Waals surface area contributed by atoms with Crippen molar-refractivity contribution in [3.05, 3.63) is 40.4 Å². The molecule has 0 atom stereocenters. The van der Waals surface area contributed by atoms with Crippen LogP contribution in [0.1, 0.15) is 16.1 Å². The van der Waals surface area contributed by atoms with Crippen LogP contribution in [0.2, 0.25) is 0 Å². The second-order valence-electron chi connectivity index (χ2n) is 5.03. The van der Waals surface area contributed by atoms with Gasteiger partial charge in [0.15, 0.2) is 5.13 Å². The highest BCUT2D eigenvalue weighted by atomic mass is 32.2. The number of hydrogen-bond donors (Lipinski definition) is 3. The van der Waals surface area contributed by atoms with Crippen LogP contribution in [0.25, 0.3) is 0 Å². The zero-order chi connectivity index (χ0) is 17.0. The highest BCUT2D eigenvalue weighted by Gasteiger charge is 2.10. The maximum atomic E-state index is 11.9. The summed E-state index contributed by atoms with van der Waals surface area (Å²) >= 11 is 1.31. The highest BCUT2D eigenvalue weighted by molar-refractivity contribution is 7.89. The topological polar surface area (TPSA) is 128 Å². The molecule has 0 radical (unpaired) electrons. The van der Waals surface area contributed by atoms with Crippen molar-refractivity contribution in [3.8, 4) is 0 Å². The van der Waals surface area contributed by atoms with Gasteiger partial charge in [-0.2, -0.15) is 0 Å². The van der Waals surface area contributed by atoms with Gasteiger partial charge >= 0.3 is 0 Å². The van der Waals surface area contributed by atoms with Crippen LogP contribution in [0.15, 0.2) is 29.2 Å². The molecule has 0 unspecified atom stereocenters. The third-order valence-electron chi connectivity index (χ3n) is 3.22. The van der Waals surface area contributed by atoms with Crippen LogP contribution in [0.3, 0.4) is 0 Å². The molecule has 1 amide bonds. The fourth-order valence-corrected chi connectivity index (χ4v) is 3.36. The number of nitrogen functional groups attached to an aromatic ring is 1. The molecule has 1 aromatic carbocycles. The van der Waals surface area contributed by atoms with Crippen molar-refractivity contribution in [1.29, 1.82) is 0 Å². The van der Waals surface area contributed by atoms with Crippen molar-refractivity contribution in [2.75, 3.05) is 12.3 Å². The number of carbonyl (C=O) groups is 1. The molecule has 2 aromatic rings. The lowest BCUT2D eigenvalue weighted by atomic mass is 10.1. The van der Waals surface area contributed by atoms with Crippen molar-refractivity contribution in [2.24, 2.45) is 5.14 Å². The third-order valence-corrected chi connectivity index (χ3v) is 5.13. The quantitative estimate of drug-likeness (QED) is 0.699. The number of rotatable bonds is 6. The van der Waals surface area contributed by atoms with Crippen molar-refractivity contribution in [1.82, 2.24) is 10.3 Å². The molecule has 0 aliphatic rings. The number of anilines is 1. The Hall–Kier alpha value is -1.97. The standard InChI is InChI=1S/C14H18N4O3S2/c1-9-12(22-14(15)18-9)8-13(19)17-7-6-10-2-4-11(5-3-10)23(16,20)21/h2-5H,6-8H2,1H3,(H2,15,18)(H,17,19)(H2,16,20,21). The van der Waals surface area contributed by atoms with E-state index in [0.29, 0.717) is 18.1 Å². The van der Waals surface area contributed by atoms with Gasteiger partial charge < -0.3 is 11.1 Å². The number of primary sulfonamides is 1. The van der Waals surface area contributed by atoms with Crippen molar-refractivity contribution >= 4 is 32.4 Å². The molecule has 7 nitrogen and oxygen atoms in total. The molecule has 9 heteroatoms. The first-order valence-corrected chi connectivity index (χ1v) is 9.22. The summed E-state index contributed by atoms with van der Waals surface area (Å²) in [5.74, 6) is -0.0992. The molecule has 1 heterocycles. The average molecular weight is 354 g/mol. The van der Waals surface area contributed by atoms with Gasteiger partial charge in [0.2, 0.25) is 15.9 Å². The first kappa shape index (κ1) is 17.4. The third kappa shape index (κ3) is 5.02. The number of benzene rings is 1. The number of aryl methyl sites for hydroxylation is 1. The van der Waals surface area contributed by atoms with E-state index < -0.39 is 10.0 Å². The van der Waals surface area contributed by atoms with E-state index in [1.165, 1.54) is 23.5 Å². The summed E-state index contributed by atoms with van der Waals surface area (Å²) in [4.78, 5) is 16.9. The van der Waals surface area contributed by atoms with Gasteiger partial charge in [0, 0.05) is 11.4 Å². The smallest absolute Gasteiger partial charge is 0.238 e. The zero-order valence-corrected chi connectivity index (χ0v) is 14.2. The van der Waals surface area contributed by atoms with Gasteiger partial charge in [0.25, 0.3) is 0 Å². The van der Waals surface area contributed by atoms with Crippen LogP contribution in [0.5, 0.6) is 0 Å². The van der Waals surface area contributed by atoms with Crippen molar-refractivity contribution < 1.29 is 13.2 Å². The fraction of sp³-hybridized carbons (Fsp3) is 0.286. The summed E-state index contributed by atoms with van der Waals surface area (Å²) in [5.41, 5.74) is 7.29. The van der Waals surface area contributed by atoms with Gasteiger partial charge in [-0.25, -0.2) is 18.5 Å². The molecule has 0 saturated heterocycles. The maximum Gasteiger partial charge on any atom is 0.238 e. The molecule has 0 spiro atoms. The highest BCUT2D eigenvalue weighted by Crippen LogP contribution is 2.19. The van der Waals surface area contributed by atoms with E-state index in [4.69, 9.17) is 10.9 Å². The Morgan fingerprint density at radius 1 is 1.30 bits per heavy atom. The molecule has 23 heavy (non-hydrogen) atoms. The Kier molecular flexibility index (Phi) is 5.34. The fourth-order valence-electron chi connectivity index (χ4n) is 2.01. The minimum atomic E-state index is -3.67. The Morgan fingerprint density at radius 3 is 2.48 bits per heavy atom. The maximum absolute atomic E-state index is 11.9. The number of sulfonamides is 1. The molecule has 5 N–H and O–H groups in total. The lowest BCUT2D eigenvalue weighted by molar-refractivity contribution is -0.120. The number of carbonyl (C=O) groups excluding carboxylic acids is 1. The summed E-state index contributed by atoms with van der Waals surface area (Å²) in [7, 11) is -3.67. The first-order chi connectivity index (χ1) is 10.8. The Balaban J connectivity index is 1.82. The molecular weight excluding hydrogens is 336 g/mol. The van der Waals surface area contributed by atoms with E-state index in [9.17, 15) is 13.2 Å². The normalized spacial score (nSPS) is 11.4. The van der Waals surface area contributed by atoms with Gasteiger partial charge in [0.05, 0.1) is 17.0 Å². The van der Waals surface area contributed by atoms with Crippen LogP contribution < -0.4 is 16.2 Å². The molecule has 0 bridgehead atoms. The number of nitrogens with zero attached hydrogens (tertiary/aromatic N) is 1. The summed E-state index contributed by atoms with van der Waals surface area (Å²) < 4.78 is 22.3. The van der Waals surface area contributed by atoms with E-state index in [0.717, 1.165) is 16.1 Å². The molecule has 0 aliphatic carbocycles. The summed E-state index contributed by atoms with van der Waals surface area (Å²) in [6, 6.07) is 6.27. The molecule has 1 aromatic heterocycles. The second kappa shape index (κ2) is 7.07. The number of nitrogens with two attached hydrogens (primary N) is 2. The Labute approximate surface area is 138 Å². The van der Waals surface area contributed by atoms with Crippen molar-refractivity contribution in [3.63, 3.8) is 0 Å². The van der Waals surface area contributed by atoms with Crippen LogP contribution in [-0.2, 0) is 27.7 Å². The Morgan fingerprint density at radius 2 is 1.96 bits per heavy atom.